The van der Waals surface area contributed by atoms with Gasteiger partial charge in [-0.2, -0.15) is 0 Å². The van der Waals surface area contributed by atoms with Crippen molar-refractivity contribution in [3.05, 3.63) is 205 Å². The third-order valence-electron chi connectivity index (χ3n) is 22.7. The molecule has 6 unspecified atom stereocenters. The van der Waals surface area contributed by atoms with Crippen LogP contribution < -0.4 is 0 Å². The Morgan fingerprint density at radius 2 is 0.715 bits per heavy atom. The Hall–Kier alpha value is -6.07. The molecule has 6 aromatic carbocycles. The van der Waals surface area contributed by atoms with Gasteiger partial charge in [-0.15, -0.1) is 0 Å². The fraction of sp³-hybridized carbons (Fsp3) is 0.552. The predicted molar refractivity (Wildman–Crippen MR) is 516 cm³/mol. The number of benzene rings is 6. The summed E-state index contributed by atoms with van der Waals surface area (Å²) in [6.07, 6.45) is -16.4. The van der Waals surface area contributed by atoms with Crippen molar-refractivity contribution < 1.29 is 174 Å². The van der Waals surface area contributed by atoms with Crippen LogP contribution in [0.3, 0.4) is 0 Å². The first-order chi connectivity index (χ1) is 64.5. The molecule has 11 aliphatic rings. The molecule has 11 aliphatic heterocycles. The maximum atomic E-state index is 12.8. The molecule has 17 rings (SSSR count). The van der Waals surface area contributed by atoms with E-state index in [1.54, 1.807) is 163 Å². The second-order valence-corrected chi connectivity index (χ2v) is 39.9. The van der Waals surface area contributed by atoms with Gasteiger partial charge in [0.05, 0.1) is 41.0 Å². The molecule has 37 nitrogen and oxygen atoms in total. The van der Waals surface area contributed by atoms with Gasteiger partial charge in [0.25, 0.3) is 0 Å². The number of hydrogen-bond acceptors (Lipinski definition) is 37. The molecule has 0 saturated carbocycles. The van der Waals surface area contributed by atoms with Crippen LogP contribution in [0, 0.1) is 14.3 Å². The molecule has 0 radical (unpaired) electrons. The van der Waals surface area contributed by atoms with Gasteiger partial charge in [-0.3, -0.25) is 9.59 Å². The van der Waals surface area contributed by atoms with Crippen molar-refractivity contribution in [3.63, 3.8) is 0 Å². The zero-order valence-corrected chi connectivity index (χ0v) is 87.1. The lowest BCUT2D eigenvalue weighted by Crippen LogP contribution is -2.51. The molecule has 137 heavy (non-hydrogen) atoms. The predicted octanol–water partition coefficient (Wildman–Crippen LogP) is 9.47. The number of Topliss-reactive ketones (excluding diaryl/α,β-unsaturated/α-hetero) is 2. The van der Waals surface area contributed by atoms with E-state index in [4.69, 9.17) is 120 Å². The molecular weight excluding hydrogens is 2250 g/mol. The normalized spacial score (nSPS) is 31.5. The van der Waals surface area contributed by atoms with Crippen molar-refractivity contribution in [3.8, 4) is 0 Å². The average molecular weight is 2370 g/mol. The smallest absolute Gasteiger partial charge is 0.339 e. The Morgan fingerprint density at radius 3 is 1.09 bits per heavy atom. The second-order valence-electron chi connectivity index (χ2n) is 35.2. The van der Waals surface area contributed by atoms with Crippen LogP contribution in [-0.2, 0) is 104 Å². The van der Waals surface area contributed by atoms with E-state index in [0.29, 0.717) is 27.8 Å². The summed E-state index contributed by atoms with van der Waals surface area (Å²) >= 11 is 8.28. The number of rotatable bonds is 20. The maximum Gasteiger partial charge on any atom is 0.339 e. The second kappa shape index (κ2) is 49.5. The number of aliphatic hydroxyl groups is 8. The fourth-order valence-corrected chi connectivity index (χ4v) is 17.8. The lowest BCUT2D eigenvalue weighted by atomic mass is 9.94. The van der Waals surface area contributed by atoms with Crippen molar-refractivity contribution in [1.29, 1.82) is 0 Å². The van der Waals surface area contributed by atoms with E-state index in [2.05, 4.69) is 121 Å². The molecule has 23 atom stereocenters. The van der Waals surface area contributed by atoms with Gasteiger partial charge in [0, 0.05) is 19.8 Å². The SMILES string of the molecule is CC(=O)c1ccccc1.CC1(C)OC2C(=O)[C@H](COC(=O)c3ccccc3I)O[C@H]2O1.CC1(C)OC2[C@@H](O[C@@H](CO)[C@H]2O)O1.CC1(C)OC2[C@@H](O[C@@H](COC(=O)c3ccccc3I)[C@H]2O)O1.CC1(C)OC2[C@@H](O[C@@H](COC(=O)c3ccccc3I)[C@]2(C)O)O1.CC1(C)OC2[C@@H](O[C@@H](COC(=O)c3ccccc3I)[C@]2(C)OC(=O)c2ccccc2)O1.CCN(CC)CC.OC[C@@H]1O[C@H](O)C(O)[C@@H]1O. The first-order valence-corrected chi connectivity index (χ1v) is 48.6. The van der Waals surface area contributed by atoms with E-state index in [9.17, 15) is 48.9 Å². The van der Waals surface area contributed by atoms with E-state index in [-0.39, 0.29) is 44.6 Å². The summed E-state index contributed by atoms with van der Waals surface area (Å²) in [5.74, 6) is -6.55. The lowest BCUT2D eigenvalue weighted by Gasteiger charge is -2.34. The number of carbonyl (C=O) groups is 7. The summed E-state index contributed by atoms with van der Waals surface area (Å²) in [4.78, 5) is 86.8. The van der Waals surface area contributed by atoms with Crippen LogP contribution in [0.25, 0.3) is 0 Å². The average Bonchev–Trinajstić information content (AvgIpc) is 1.50. The molecule has 0 aliphatic carbocycles. The number of halogens is 4. The van der Waals surface area contributed by atoms with Crippen LogP contribution in [-0.4, -0.2) is 316 Å². The Morgan fingerprint density at radius 1 is 0.365 bits per heavy atom. The zero-order chi connectivity index (χ0) is 101. The van der Waals surface area contributed by atoms with Gasteiger partial charge in [0.15, 0.2) is 102 Å². The molecule has 41 heteroatoms. The van der Waals surface area contributed by atoms with Crippen molar-refractivity contribution in [1.82, 2.24) is 4.90 Å². The van der Waals surface area contributed by atoms with E-state index in [1.807, 2.05) is 84.9 Å². The Bertz CT molecular complexity index is 4990. The highest BCUT2D eigenvalue weighted by molar-refractivity contribution is 14.1. The van der Waals surface area contributed by atoms with Crippen LogP contribution >= 0.6 is 90.4 Å². The highest BCUT2D eigenvalue weighted by Crippen LogP contribution is 2.48. The van der Waals surface area contributed by atoms with Crippen LogP contribution in [0.4, 0.5) is 0 Å². The van der Waals surface area contributed by atoms with Gasteiger partial charge in [-0.1, -0.05) is 118 Å². The molecule has 0 aromatic heterocycles. The molecule has 0 amide bonds. The van der Waals surface area contributed by atoms with E-state index in [1.165, 1.54) is 19.6 Å². The van der Waals surface area contributed by atoms with E-state index in [0.717, 1.165) is 19.8 Å². The summed E-state index contributed by atoms with van der Waals surface area (Å²) in [6, 6.07) is 46.4. The number of ketones is 2. The lowest BCUT2D eigenvalue weighted by molar-refractivity contribution is -0.231. The Kier molecular flexibility index (Phi) is 40.8. The van der Waals surface area contributed by atoms with Gasteiger partial charge in [-0.05, 0) is 261 Å². The highest BCUT2D eigenvalue weighted by atomic mass is 127. The molecular formula is C96H121I4NO36. The summed E-state index contributed by atoms with van der Waals surface area (Å²) in [7, 11) is 0. The number of fused-ring (bicyclic) bond motifs is 5. The quantitative estimate of drug-likeness (QED) is 0.0152. The number of hydrogen-bond donors (Lipinski definition) is 8. The van der Waals surface area contributed by atoms with Crippen LogP contribution in [0.15, 0.2) is 158 Å². The van der Waals surface area contributed by atoms with E-state index >= 15 is 0 Å². The number of ether oxygens (including phenoxy) is 21. The minimum atomic E-state index is -1.38. The molecule has 11 fully saturated rings. The molecule has 0 bridgehead atoms. The standard InChI is InChI=1S/C23H23IO7.C16H19IO6.C15H17IO6.C15H15IO6.C8H14O5.C8H8O.C6H15N.C5H10O5/c1-22(2)29-18-21(31-22)28-17(13-27-20(26)15-11-7-8-12-16(15)24)23(18,3)30-19(25)14-9-5-4-6-10-14;1-15(2)22-12-14(23-15)21-11(16(12,3)19)8-20-13(18)9-6-4-5-7-10(9)17;2*1-15(2)21-12-11(17)10(20-14(12)22-15)7-19-13(18)8-5-3-4-6-9(8)16;1-8(2)12-6-5(10)4(3-9)11-7(6)13-8;1-7(9)8-5-3-2-4-6-8;1-4-7(5-2)6-3;6-1-2-3(7)4(8)5(9)10-2/h4-12,17-18,21H,13H2,1-3H3;4-7,11-12,14,19H,8H2,1-3H3;3-6,10-12,14,17H,7H2,1-2H3;3-6,10,12,14H,7H2,1-2H3;4-7,9-10H,3H2,1-2H3;2-6H,1H3;4-6H2,1-3H3;2-9H,1H2/t17-,18?,21-,23-;11-,12?,14-,16-;10-,11+,12?,14-;10-,12?,14-;4-,5+,6?,7-;;;2-,3+,4?,5-/m00000..0/s1. The minimum absolute atomic E-state index is 0.0505. The third kappa shape index (κ3) is 29.8. The molecule has 0 spiro atoms. The van der Waals surface area contributed by atoms with Crippen molar-refractivity contribution in [2.45, 2.75) is 280 Å². The maximum absolute atomic E-state index is 12.8. The van der Waals surface area contributed by atoms with Gasteiger partial charge in [-0.25, -0.2) is 24.0 Å². The van der Waals surface area contributed by atoms with Crippen molar-refractivity contribution in [2.75, 3.05) is 59.3 Å². The van der Waals surface area contributed by atoms with E-state index < -0.39 is 206 Å². The number of esters is 5. The summed E-state index contributed by atoms with van der Waals surface area (Å²) in [5.41, 5.74) is 0.541. The van der Waals surface area contributed by atoms with Crippen LogP contribution in [0.2, 0.25) is 0 Å². The molecule has 11 heterocycles. The highest BCUT2D eigenvalue weighted by Gasteiger charge is 2.66. The Balaban J connectivity index is 0.000000168. The third-order valence-corrected chi connectivity index (χ3v) is 26.5. The summed E-state index contributed by atoms with van der Waals surface area (Å²) in [5, 5.41) is 74.3. The van der Waals surface area contributed by atoms with Crippen LogP contribution in [0.1, 0.15) is 173 Å². The summed E-state index contributed by atoms with van der Waals surface area (Å²) in [6.45, 7) is 31.5. The molecule has 754 valence electrons. The zero-order valence-electron chi connectivity index (χ0n) is 78.5. The van der Waals surface area contributed by atoms with Crippen LogP contribution in [0.5, 0.6) is 0 Å². The first kappa shape index (κ1) is 113. The topological polar surface area (TPSA) is 478 Å². The number of nitrogens with zero attached hydrogens (tertiary/aromatic N) is 1. The van der Waals surface area contributed by atoms with Gasteiger partial charge in [0.1, 0.15) is 105 Å². The minimum Gasteiger partial charge on any atom is -0.459 e. The van der Waals surface area contributed by atoms with Gasteiger partial charge >= 0.3 is 29.8 Å². The number of aliphatic hydroxyl groups excluding tert-OH is 7. The van der Waals surface area contributed by atoms with Crippen molar-refractivity contribution in [2.24, 2.45) is 0 Å². The summed E-state index contributed by atoms with van der Waals surface area (Å²) < 4.78 is 119. The Labute approximate surface area is 848 Å². The van der Waals surface area contributed by atoms with Crippen molar-refractivity contribution >= 4 is 132 Å². The molecule has 6 aromatic rings. The monoisotopic (exact) mass is 2370 g/mol. The molecule has 11 saturated heterocycles. The number of carbonyl (C=O) groups excluding carboxylic acids is 7. The largest absolute Gasteiger partial charge is 0.459 e. The van der Waals surface area contributed by atoms with Gasteiger partial charge < -0.3 is 145 Å². The molecule has 8 N–H and O–H groups in total. The fourth-order valence-electron chi connectivity index (χ4n) is 15.4. The first-order valence-electron chi connectivity index (χ1n) is 44.3. The van der Waals surface area contributed by atoms with Gasteiger partial charge in [0.2, 0.25) is 0 Å².